The Morgan fingerprint density at radius 1 is 0.724 bits per heavy atom. The Morgan fingerprint density at radius 2 is 1.17 bits per heavy atom. The van der Waals surface area contributed by atoms with Crippen molar-refractivity contribution in [1.29, 1.82) is 10.5 Å². The molecule has 0 spiro atoms. The molecule has 58 heavy (non-hydrogen) atoms. The lowest BCUT2D eigenvalue weighted by atomic mass is 9.65. The number of carbonyl (C=O) groups excluding carboxylic acids is 2. The van der Waals surface area contributed by atoms with Crippen molar-refractivity contribution in [2.24, 2.45) is 0 Å². The number of aryl methyl sites for hydroxylation is 2. The number of ether oxygens (including phenoxy) is 2. The van der Waals surface area contributed by atoms with Crippen LogP contribution in [-0.2, 0) is 52.7 Å². The average molecular weight is 801 g/mol. The molecule has 3 aliphatic rings. The molecule has 0 saturated carbocycles. The van der Waals surface area contributed by atoms with E-state index in [4.69, 9.17) is 29.0 Å². The zero-order valence-electron chi connectivity index (χ0n) is 35.6. The van der Waals surface area contributed by atoms with Gasteiger partial charge in [-0.05, 0) is 75.6 Å². The van der Waals surface area contributed by atoms with Crippen molar-refractivity contribution in [2.45, 2.75) is 104 Å². The Hall–Kier alpha value is -5.63. The van der Waals surface area contributed by atoms with E-state index in [1.165, 1.54) is 28.1 Å². The number of carbonyl (C=O) groups is 2. The topological polar surface area (TPSA) is 136 Å². The summed E-state index contributed by atoms with van der Waals surface area (Å²) in [6.07, 6.45) is 0.827. The van der Waals surface area contributed by atoms with Gasteiger partial charge in [-0.15, -0.1) is 0 Å². The molecule has 0 radical (unpaired) electrons. The first kappa shape index (κ1) is 43.5. The molecule has 0 saturated heterocycles. The van der Waals surface area contributed by atoms with Crippen LogP contribution in [-0.4, -0.2) is 26.2 Å². The van der Waals surface area contributed by atoms with Crippen LogP contribution in [0, 0.1) is 36.5 Å². The molecule has 9 nitrogen and oxygen atoms in total. The maximum absolute atomic E-state index is 16.6. The predicted octanol–water partition coefficient (Wildman–Crippen LogP) is 10.9. The highest BCUT2D eigenvalue weighted by molar-refractivity contribution is 7.55. The van der Waals surface area contributed by atoms with Gasteiger partial charge in [-0.3, -0.25) is 9.59 Å². The Balaban J connectivity index is 0.00000101. The first-order valence-electron chi connectivity index (χ1n) is 19.3. The van der Waals surface area contributed by atoms with Gasteiger partial charge in [0.25, 0.3) is 0 Å². The number of benzene rings is 4. The quantitative estimate of drug-likeness (QED) is 0.113. The van der Waals surface area contributed by atoms with Crippen LogP contribution < -0.4 is 9.05 Å². The lowest BCUT2D eigenvalue weighted by molar-refractivity contribution is -0.158. The number of esters is 2. The summed E-state index contributed by atoms with van der Waals surface area (Å²) in [6, 6.07) is 26.8. The van der Waals surface area contributed by atoms with E-state index in [-0.39, 0.29) is 10.8 Å². The highest BCUT2D eigenvalue weighted by atomic mass is 31.2. The third kappa shape index (κ3) is 7.45. The summed E-state index contributed by atoms with van der Waals surface area (Å²) in [7, 11) is -1.81. The van der Waals surface area contributed by atoms with Gasteiger partial charge in [-0.2, -0.15) is 10.5 Å². The monoisotopic (exact) mass is 800 g/mol. The molecule has 0 amide bonds. The maximum Gasteiger partial charge on any atom is 0.442 e. The van der Waals surface area contributed by atoms with Crippen LogP contribution in [0.15, 0.2) is 78.4 Å². The number of nitriles is 2. The first-order chi connectivity index (χ1) is 27.3. The van der Waals surface area contributed by atoms with Gasteiger partial charge in [0.05, 0.1) is 26.4 Å². The fourth-order valence-electron chi connectivity index (χ4n) is 8.52. The summed E-state index contributed by atoms with van der Waals surface area (Å²) >= 11 is 0. The lowest BCUT2D eigenvalue weighted by Gasteiger charge is -2.38. The Labute approximate surface area is 343 Å². The molecular weight excluding hydrogens is 748 g/mol. The number of allylic oxidation sites excluding steroid dienone is 1. The van der Waals surface area contributed by atoms with E-state index in [0.717, 1.165) is 38.9 Å². The molecule has 0 bridgehead atoms. The normalized spacial score (nSPS) is 16.6. The standard InChI is InChI=1S/C44H47O7P.2C2H3N/c1-25-19-28-23-29-20-26(2)22-35(43(6,7)8)38(29)51-52(47,50-37(28)34(21-25)42(3,4)5)39-31-17-13-12-16-30(31)36-32(39)24-27-15-11-14-18-33(27)44(36,40(45)48-9)41(46)49-10;2*1-2-3/h11-22,39H,23-24H2,1-10H3;2*1H3/t39-;;/m0../s1. The van der Waals surface area contributed by atoms with E-state index in [2.05, 4.69) is 79.7 Å². The summed E-state index contributed by atoms with van der Waals surface area (Å²) in [5, 5.41) is 14.6. The van der Waals surface area contributed by atoms with E-state index < -0.39 is 30.6 Å². The Bertz CT molecular complexity index is 2350. The number of nitrogens with zero attached hydrogens (tertiary/aromatic N) is 2. The van der Waals surface area contributed by atoms with Gasteiger partial charge < -0.3 is 18.5 Å². The summed E-state index contributed by atoms with van der Waals surface area (Å²) < 4.78 is 41.6. The fraction of sp³-hybridized carbons (Fsp3) is 0.375. The molecule has 0 aromatic heterocycles. The third-order valence-corrected chi connectivity index (χ3v) is 12.8. The minimum Gasteiger partial charge on any atom is -0.468 e. The molecular formula is C48H53N2O7P. The average Bonchev–Trinajstić information content (AvgIpc) is 3.49. The number of methoxy groups -OCH3 is 2. The van der Waals surface area contributed by atoms with Gasteiger partial charge in [0.1, 0.15) is 17.2 Å². The van der Waals surface area contributed by atoms with Gasteiger partial charge in [0.2, 0.25) is 5.41 Å². The molecule has 0 N–H and O–H groups in total. The van der Waals surface area contributed by atoms with Crippen molar-refractivity contribution < 1.29 is 32.7 Å². The van der Waals surface area contributed by atoms with E-state index in [0.29, 0.717) is 52.2 Å². The molecule has 4 aromatic carbocycles. The van der Waals surface area contributed by atoms with E-state index in [1.54, 1.807) is 24.3 Å². The Kier molecular flexibility index (Phi) is 12.2. The summed E-state index contributed by atoms with van der Waals surface area (Å²) in [5.41, 5.74) is 5.67. The number of hydrogen-bond acceptors (Lipinski definition) is 9. The van der Waals surface area contributed by atoms with Gasteiger partial charge in [-0.1, -0.05) is 125 Å². The van der Waals surface area contributed by atoms with Crippen LogP contribution in [0.3, 0.4) is 0 Å². The van der Waals surface area contributed by atoms with Crippen LogP contribution >= 0.6 is 7.60 Å². The van der Waals surface area contributed by atoms with Crippen LogP contribution in [0.5, 0.6) is 11.5 Å². The predicted molar refractivity (Wildman–Crippen MR) is 226 cm³/mol. The SMILES string of the molecule is CC#N.CC#N.COC(=O)C1(C(=O)OC)C2=C(Cc3ccccc31)[C@@H](P1(=O)Oc3c(cc(C)cc3C(C)(C)C)Cc3cc(C)cc(C(C)(C)C)c3O1)c1ccccc12. The summed E-state index contributed by atoms with van der Waals surface area (Å²) in [5.74, 6) is -0.473. The van der Waals surface area contributed by atoms with Crippen LogP contribution in [0.4, 0.5) is 0 Å². The smallest absolute Gasteiger partial charge is 0.442 e. The van der Waals surface area contributed by atoms with Crippen molar-refractivity contribution in [3.63, 3.8) is 0 Å². The highest BCUT2D eigenvalue weighted by Gasteiger charge is 2.63. The molecule has 0 unspecified atom stereocenters. The maximum atomic E-state index is 16.6. The second-order valence-electron chi connectivity index (χ2n) is 16.9. The molecule has 4 aromatic rings. The number of rotatable bonds is 3. The van der Waals surface area contributed by atoms with Crippen LogP contribution in [0.2, 0.25) is 0 Å². The van der Waals surface area contributed by atoms with Gasteiger partial charge >= 0.3 is 19.5 Å². The molecule has 1 atom stereocenters. The fourth-order valence-corrected chi connectivity index (χ4v) is 10.9. The molecule has 1 aliphatic heterocycles. The van der Waals surface area contributed by atoms with Crippen molar-refractivity contribution in [2.75, 3.05) is 14.2 Å². The molecule has 1 heterocycles. The third-order valence-electron chi connectivity index (χ3n) is 10.7. The highest BCUT2D eigenvalue weighted by Crippen LogP contribution is 2.72. The zero-order valence-corrected chi connectivity index (χ0v) is 36.5. The molecule has 2 aliphatic carbocycles. The first-order valence-corrected chi connectivity index (χ1v) is 20.9. The summed E-state index contributed by atoms with van der Waals surface area (Å²) in [4.78, 5) is 28.6. The van der Waals surface area contributed by atoms with E-state index in [9.17, 15) is 9.59 Å². The molecule has 0 fully saturated rings. The van der Waals surface area contributed by atoms with Crippen molar-refractivity contribution in [3.8, 4) is 23.6 Å². The zero-order chi connectivity index (χ0) is 43.0. The lowest BCUT2D eigenvalue weighted by Crippen LogP contribution is -2.48. The second kappa shape index (κ2) is 16.3. The van der Waals surface area contributed by atoms with Crippen molar-refractivity contribution in [1.82, 2.24) is 0 Å². The van der Waals surface area contributed by atoms with Gasteiger partial charge in [-0.25, -0.2) is 4.57 Å². The summed E-state index contributed by atoms with van der Waals surface area (Å²) in [6.45, 7) is 19.7. The Morgan fingerprint density at radius 3 is 1.64 bits per heavy atom. The number of hydrogen-bond donors (Lipinski definition) is 0. The van der Waals surface area contributed by atoms with Gasteiger partial charge in [0, 0.05) is 31.4 Å². The second-order valence-corrected chi connectivity index (χ2v) is 18.9. The van der Waals surface area contributed by atoms with Crippen molar-refractivity contribution in [3.05, 3.63) is 134 Å². The van der Waals surface area contributed by atoms with Gasteiger partial charge in [0.15, 0.2) is 0 Å². The number of fused-ring (bicyclic) bond motifs is 5. The van der Waals surface area contributed by atoms with E-state index in [1.807, 2.05) is 36.4 Å². The van der Waals surface area contributed by atoms with E-state index >= 15 is 4.57 Å². The minimum absolute atomic E-state index is 0.303. The van der Waals surface area contributed by atoms with Crippen molar-refractivity contribution >= 4 is 25.1 Å². The van der Waals surface area contributed by atoms with Crippen LogP contribution in [0.25, 0.3) is 5.57 Å². The van der Waals surface area contributed by atoms with Crippen LogP contribution in [0.1, 0.15) is 117 Å². The largest absolute Gasteiger partial charge is 0.468 e. The molecule has 302 valence electrons. The minimum atomic E-state index is -4.35. The molecule has 10 heteroatoms. The molecule has 7 rings (SSSR count).